The average Bonchev–Trinajstić information content (AvgIpc) is 3.52. The second kappa shape index (κ2) is 8.67. The lowest BCUT2D eigenvalue weighted by Gasteiger charge is -2.22. The predicted octanol–water partition coefficient (Wildman–Crippen LogP) is 5.29. The Balaban J connectivity index is 1.31. The number of halogens is 1. The maximum Gasteiger partial charge on any atom is 0.257 e. The van der Waals surface area contributed by atoms with Crippen molar-refractivity contribution >= 4 is 45.8 Å². The van der Waals surface area contributed by atoms with Crippen molar-refractivity contribution in [1.82, 2.24) is 15.0 Å². The number of carbonyl (C=O) groups excluding carboxylic acids is 2. The molecule has 4 aromatic rings. The second-order valence-electron chi connectivity index (χ2n) is 8.26. The van der Waals surface area contributed by atoms with Crippen molar-refractivity contribution in [2.45, 2.75) is 19.8 Å². The van der Waals surface area contributed by atoms with Gasteiger partial charge in [-0.2, -0.15) is 0 Å². The van der Waals surface area contributed by atoms with Crippen LogP contribution < -0.4 is 10.2 Å². The summed E-state index contributed by atoms with van der Waals surface area (Å²) in [5, 5.41) is 3.38. The van der Waals surface area contributed by atoms with E-state index in [9.17, 15) is 9.59 Å². The minimum absolute atomic E-state index is 0.0169. The number of anilines is 2. The predicted molar refractivity (Wildman–Crippen MR) is 129 cm³/mol. The van der Waals surface area contributed by atoms with Crippen LogP contribution in [0.25, 0.3) is 22.3 Å². The first-order valence-electron chi connectivity index (χ1n) is 10.8. The zero-order chi connectivity index (χ0) is 22.9. The van der Waals surface area contributed by atoms with Crippen LogP contribution in [-0.2, 0) is 4.79 Å². The van der Waals surface area contributed by atoms with Crippen molar-refractivity contribution in [2.24, 2.45) is 5.92 Å². The number of carbonyl (C=O) groups is 2. The summed E-state index contributed by atoms with van der Waals surface area (Å²) in [4.78, 5) is 38.1. The van der Waals surface area contributed by atoms with Crippen LogP contribution in [-0.4, -0.2) is 33.3 Å². The number of aromatic nitrogens is 3. The highest BCUT2D eigenvalue weighted by Crippen LogP contribution is 2.35. The van der Waals surface area contributed by atoms with E-state index >= 15 is 0 Å². The fourth-order valence-corrected chi connectivity index (χ4v) is 4.04. The van der Waals surface area contributed by atoms with E-state index in [1.165, 1.54) is 6.20 Å². The Kier molecular flexibility index (Phi) is 5.56. The third-order valence-corrected chi connectivity index (χ3v) is 6.06. The Bertz CT molecular complexity index is 1340. The minimum Gasteiger partial charge on any atom is -0.345 e. The molecule has 0 atom stereocenters. The summed E-state index contributed by atoms with van der Waals surface area (Å²) in [7, 11) is 0. The van der Waals surface area contributed by atoms with E-state index in [-0.39, 0.29) is 11.8 Å². The van der Waals surface area contributed by atoms with Gasteiger partial charge in [0.15, 0.2) is 0 Å². The average molecular weight is 460 g/mol. The number of imidazole rings is 1. The summed E-state index contributed by atoms with van der Waals surface area (Å²) in [5.41, 5.74) is 5.02. The molecule has 33 heavy (non-hydrogen) atoms. The van der Waals surface area contributed by atoms with Crippen molar-refractivity contribution in [2.75, 3.05) is 16.8 Å². The monoisotopic (exact) mass is 459 g/mol. The first kappa shape index (κ1) is 21.2. The van der Waals surface area contributed by atoms with Crippen LogP contribution in [0, 0.1) is 5.92 Å². The van der Waals surface area contributed by atoms with Crippen LogP contribution in [0.1, 0.15) is 30.1 Å². The van der Waals surface area contributed by atoms with Crippen LogP contribution in [0.4, 0.5) is 11.4 Å². The molecule has 1 aliphatic rings. The standard InChI is InChI=1S/C25H22ClN5O2/c1-15(32)31(13-16-2-3-16)24-9-5-17(10-20(24)26)21-7-4-18(12-27-21)25(33)30-19-6-8-22-23(11-19)29-14-28-22/h4-12,14,16H,2-3,13H2,1H3,(H,28,29)(H,30,33). The molecule has 2 heterocycles. The molecule has 1 aliphatic carbocycles. The van der Waals surface area contributed by atoms with Gasteiger partial charge < -0.3 is 15.2 Å². The van der Waals surface area contributed by atoms with Gasteiger partial charge in [0.25, 0.3) is 5.91 Å². The van der Waals surface area contributed by atoms with Gasteiger partial charge in [0.1, 0.15) is 0 Å². The number of aromatic amines is 1. The maximum absolute atomic E-state index is 12.6. The Hall–Kier alpha value is -3.71. The number of hydrogen-bond donors (Lipinski definition) is 2. The molecular formula is C25H22ClN5O2. The normalized spacial score (nSPS) is 13.2. The first-order chi connectivity index (χ1) is 16.0. The SMILES string of the molecule is CC(=O)N(CC1CC1)c1ccc(-c2ccc(C(=O)Nc3ccc4nc[nH]c4c3)cn2)cc1Cl. The van der Waals surface area contributed by atoms with Crippen molar-refractivity contribution < 1.29 is 9.59 Å². The summed E-state index contributed by atoms with van der Waals surface area (Å²) in [6.07, 6.45) is 5.46. The molecule has 0 spiro atoms. The molecule has 2 aromatic carbocycles. The van der Waals surface area contributed by atoms with Crippen molar-refractivity contribution in [1.29, 1.82) is 0 Å². The van der Waals surface area contributed by atoms with Crippen LogP contribution in [0.5, 0.6) is 0 Å². The molecule has 1 saturated carbocycles. The van der Waals surface area contributed by atoms with Gasteiger partial charge in [-0.05, 0) is 61.2 Å². The zero-order valence-electron chi connectivity index (χ0n) is 18.0. The highest BCUT2D eigenvalue weighted by molar-refractivity contribution is 6.34. The Morgan fingerprint density at radius 1 is 1.12 bits per heavy atom. The van der Waals surface area contributed by atoms with E-state index < -0.39 is 0 Å². The number of amides is 2. The third-order valence-electron chi connectivity index (χ3n) is 5.76. The molecule has 5 rings (SSSR count). The molecule has 0 saturated heterocycles. The van der Waals surface area contributed by atoms with Gasteiger partial charge in [-0.3, -0.25) is 14.6 Å². The number of nitrogens with zero attached hydrogens (tertiary/aromatic N) is 3. The van der Waals surface area contributed by atoms with E-state index in [1.54, 1.807) is 42.4 Å². The summed E-state index contributed by atoms with van der Waals surface area (Å²) in [6.45, 7) is 2.26. The molecule has 0 unspecified atom stereocenters. The molecule has 0 aliphatic heterocycles. The number of H-pyrrole nitrogens is 1. The molecule has 0 radical (unpaired) electrons. The van der Waals surface area contributed by atoms with E-state index in [0.29, 0.717) is 40.1 Å². The molecule has 2 N–H and O–H groups in total. The number of benzene rings is 2. The highest BCUT2D eigenvalue weighted by Gasteiger charge is 2.27. The van der Waals surface area contributed by atoms with Crippen LogP contribution in [0.3, 0.4) is 0 Å². The van der Waals surface area contributed by atoms with Crippen molar-refractivity contribution in [3.63, 3.8) is 0 Å². The second-order valence-corrected chi connectivity index (χ2v) is 8.67. The topological polar surface area (TPSA) is 91.0 Å². The minimum atomic E-state index is -0.251. The smallest absolute Gasteiger partial charge is 0.257 e. The quantitative estimate of drug-likeness (QED) is 0.409. The van der Waals surface area contributed by atoms with Gasteiger partial charge in [-0.15, -0.1) is 0 Å². The number of pyridine rings is 1. The zero-order valence-corrected chi connectivity index (χ0v) is 18.8. The summed E-state index contributed by atoms with van der Waals surface area (Å²) < 4.78 is 0. The summed E-state index contributed by atoms with van der Waals surface area (Å²) in [5.74, 6) is 0.293. The molecule has 0 bridgehead atoms. The molecule has 7 nitrogen and oxygen atoms in total. The van der Waals surface area contributed by atoms with E-state index in [1.807, 2.05) is 24.3 Å². The number of fused-ring (bicyclic) bond motifs is 1. The van der Waals surface area contributed by atoms with E-state index in [2.05, 4.69) is 20.3 Å². The summed E-state index contributed by atoms with van der Waals surface area (Å²) >= 11 is 6.53. The molecule has 8 heteroatoms. The molecule has 1 fully saturated rings. The molecule has 166 valence electrons. The lowest BCUT2D eigenvalue weighted by molar-refractivity contribution is -0.116. The fourth-order valence-electron chi connectivity index (χ4n) is 3.76. The number of hydrogen-bond acceptors (Lipinski definition) is 4. The number of rotatable bonds is 6. The van der Waals surface area contributed by atoms with Crippen LogP contribution in [0.15, 0.2) is 61.1 Å². The van der Waals surface area contributed by atoms with Gasteiger partial charge >= 0.3 is 0 Å². The first-order valence-corrected chi connectivity index (χ1v) is 11.1. The van der Waals surface area contributed by atoms with Crippen molar-refractivity contribution in [3.05, 3.63) is 71.6 Å². The lowest BCUT2D eigenvalue weighted by Crippen LogP contribution is -2.30. The number of nitrogens with one attached hydrogen (secondary N) is 2. The van der Waals surface area contributed by atoms with E-state index in [0.717, 1.165) is 29.4 Å². The Labute approximate surface area is 195 Å². The summed E-state index contributed by atoms with van der Waals surface area (Å²) in [6, 6.07) is 14.5. The largest absolute Gasteiger partial charge is 0.345 e. The van der Waals surface area contributed by atoms with Gasteiger partial charge in [0.05, 0.1) is 39.3 Å². The molecule has 2 amide bonds. The maximum atomic E-state index is 12.6. The molecule has 2 aromatic heterocycles. The van der Waals surface area contributed by atoms with Crippen LogP contribution in [0.2, 0.25) is 5.02 Å². The fraction of sp³-hybridized carbons (Fsp3) is 0.200. The van der Waals surface area contributed by atoms with Gasteiger partial charge in [0.2, 0.25) is 5.91 Å². The Morgan fingerprint density at radius 3 is 2.67 bits per heavy atom. The van der Waals surface area contributed by atoms with Gasteiger partial charge in [0, 0.05) is 30.9 Å². The Morgan fingerprint density at radius 2 is 1.97 bits per heavy atom. The highest BCUT2D eigenvalue weighted by atomic mass is 35.5. The third kappa shape index (κ3) is 4.59. The van der Waals surface area contributed by atoms with Crippen molar-refractivity contribution in [3.8, 4) is 11.3 Å². The lowest BCUT2D eigenvalue weighted by atomic mass is 10.1. The molecular weight excluding hydrogens is 438 g/mol. The van der Waals surface area contributed by atoms with E-state index in [4.69, 9.17) is 11.6 Å². The van der Waals surface area contributed by atoms with Gasteiger partial charge in [-0.25, -0.2) is 4.98 Å². The van der Waals surface area contributed by atoms with Crippen LogP contribution >= 0.6 is 11.6 Å². The van der Waals surface area contributed by atoms with Gasteiger partial charge in [-0.1, -0.05) is 17.7 Å².